The van der Waals surface area contributed by atoms with Crippen molar-refractivity contribution in [1.29, 1.82) is 0 Å². The third-order valence-corrected chi connectivity index (χ3v) is 9.99. The molecule has 0 unspecified atom stereocenters. The van der Waals surface area contributed by atoms with Crippen LogP contribution in [0.15, 0.2) is 30.3 Å². The second kappa shape index (κ2) is 6.12. The van der Waals surface area contributed by atoms with Crippen molar-refractivity contribution in [3.8, 4) is 0 Å². The van der Waals surface area contributed by atoms with Gasteiger partial charge in [0.05, 0.1) is 30.7 Å². The Hall–Kier alpha value is -1.98. The zero-order valence-corrected chi connectivity index (χ0v) is 18.2. The van der Waals surface area contributed by atoms with E-state index in [1.165, 1.54) is 19.3 Å². The first-order valence-electron chi connectivity index (χ1n) is 12.5. The van der Waals surface area contributed by atoms with Crippen LogP contribution in [0.25, 0.3) is 6.08 Å². The predicted molar refractivity (Wildman–Crippen MR) is 118 cm³/mol. The zero-order valence-electron chi connectivity index (χ0n) is 18.2. The van der Waals surface area contributed by atoms with E-state index in [0.29, 0.717) is 12.4 Å². The van der Waals surface area contributed by atoms with E-state index in [1.54, 1.807) is 0 Å². The highest BCUT2D eigenvalue weighted by atomic mass is 16.7. The van der Waals surface area contributed by atoms with Crippen molar-refractivity contribution in [3.63, 3.8) is 0 Å². The first-order valence-corrected chi connectivity index (χ1v) is 12.5. The number of para-hydroxylation sites is 1. The lowest BCUT2D eigenvalue weighted by atomic mass is 9.47. The molecule has 166 valence electrons. The number of anilines is 1. The van der Waals surface area contributed by atoms with Crippen LogP contribution in [-0.2, 0) is 19.1 Å². The van der Waals surface area contributed by atoms with Gasteiger partial charge >= 0.3 is 0 Å². The van der Waals surface area contributed by atoms with Crippen LogP contribution in [0, 0.1) is 35.0 Å². The van der Waals surface area contributed by atoms with E-state index in [1.807, 2.05) is 6.07 Å². The molecular weight excluding hydrogens is 402 g/mol. The number of carbonyl (C=O) groups excluding carboxylic acids is 2. The maximum absolute atomic E-state index is 14.7. The van der Waals surface area contributed by atoms with E-state index in [2.05, 4.69) is 35.3 Å². The van der Waals surface area contributed by atoms with Crippen LogP contribution < -0.4 is 4.90 Å². The fourth-order valence-electron chi connectivity index (χ4n) is 9.30. The van der Waals surface area contributed by atoms with E-state index in [9.17, 15) is 9.59 Å². The summed E-state index contributed by atoms with van der Waals surface area (Å²) in [6, 6.07) is 7.96. The topological polar surface area (TPSA) is 55.8 Å². The van der Waals surface area contributed by atoms with Crippen LogP contribution in [0.1, 0.15) is 44.1 Å². The fraction of sp³-hybridized carbons (Fsp3) is 0.630. The Morgan fingerprint density at radius 1 is 1.03 bits per heavy atom. The average molecular weight is 432 g/mol. The Bertz CT molecular complexity index is 1030. The number of nitrogens with zero attached hydrogens (tertiary/aromatic N) is 1. The van der Waals surface area contributed by atoms with Gasteiger partial charge in [0.1, 0.15) is 0 Å². The molecular formula is C27H29NO4. The van der Waals surface area contributed by atoms with Crippen LogP contribution in [0.2, 0.25) is 0 Å². The molecule has 1 aromatic rings. The lowest BCUT2D eigenvalue weighted by Crippen LogP contribution is -2.58. The second-order valence-electron chi connectivity index (χ2n) is 11.7. The summed E-state index contributed by atoms with van der Waals surface area (Å²) in [6.45, 7) is 0.425. The molecule has 4 heterocycles. The fourth-order valence-corrected chi connectivity index (χ4v) is 9.30. The molecule has 4 aliphatic carbocycles. The molecule has 6 bridgehead atoms. The van der Waals surface area contributed by atoms with Gasteiger partial charge in [0.15, 0.2) is 11.6 Å². The molecule has 4 saturated carbocycles. The third kappa shape index (κ3) is 2.22. The van der Waals surface area contributed by atoms with Crippen LogP contribution in [-0.4, -0.2) is 42.7 Å². The van der Waals surface area contributed by atoms with Gasteiger partial charge in [0, 0.05) is 17.0 Å². The van der Waals surface area contributed by atoms with Crippen LogP contribution in [0.3, 0.4) is 0 Å². The molecule has 0 N–H and O–H groups in total. The Labute approximate surface area is 188 Å². The molecule has 3 saturated heterocycles. The predicted octanol–water partition coefficient (Wildman–Crippen LogP) is 3.61. The smallest absolute Gasteiger partial charge is 0.218 e. The van der Waals surface area contributed by atoms with Gasteiger partial charge in [-0.2, -0.15) is 0 Å². The average Bonchev–Trinajstić information content (AvgIpc) is 3.37. The van der Waals surface area contributed by atoms with Gasteiger partial charge in [-0.05, 0) is 67.9 Å². The summed E-state index contributed by atoms with van der Waals surface area (Å²) in [5.41, 5.74) is 2.04. The number of benzene rings is 1. The van der Waals surface area contributed by atoms with Crippen molar-refractivity contribution in [1.82, 2.24) is 0 Å². The van der Waals surface area contributed by atoms with Gasteiger partial charge in [-0.3, -0.25) is 9.59 Å². The largest absolute Gasteiger partial charge is 0.353 e. The van der Waals surface area contributed by atoms with E-state index >= 15 is 0 Å². The summed E-state index contributed by atoms with van der Waals surface area (Å²) in [5.74, 6) is 2.24. The highest BCUT2D eigenvalue weighted by Crippen LogP contribution is 2.62. The van der Waals surface area contributed by atoms with E-state index in [-0.39, 0.29) is 41.2 Å². The van der Waals surface area contributed by atoms with Gasteiger partial charge in [0.25, 0.3) is 0 Å². The molecule has 9 rings (SSSR count). The summed E-state index contributed by atoms with van der Waals surface area (Å²) in [6.07, 6.45) is 10.5. The molecule has 7 fully saturated rings. The molecule has 5 nitrogen and oxygen atoms in total. The summed E-state index contributed by atoms with van der Waals surface area (Å²) >= 11 is 0. The number of Topliss-reactive ketones (excluding diaryl/α,β-unsaturated/α-hetero) is 2. The Balaban J connectivity index is 1.28. The summed E-state index contributed by atoms with van der Waals surface area (Å²) in [5, 5.41) is 0. The van der Waals surface area contributed by atoms with Crippen molar-refractivity contribution in [2.24, 2.45) is 35.0 Å². The maximum Gasteiger partial charge on any atom is 0.218 e. The molecule has 0 aromatic heterocycles. The summed E-state index contributed by atoms with van der Waals surface area (Å²) in [4.78, 5) is 30.5. The lowest BCUT2D eigenvalue weighted by molar-refractivity contribution is -0.166. The van der Waals surface area contributed by atoms with Gasteiger partial charge in [-0.15, -0.1) is 0 Å². The van der Waals surface area contributed by atoms with Crippen LogP contribution in [0.5, 0.6) is 0 Å². The first-order chi connectivity index (χ1) is 15.6. The van der Waals surface area contributed by atoms with Gasteiger partial charge in [-0.25, -0.2) is 0 Å². The van der Waals surface area contributed by atoms with Gasteiger partial charge in [0.2, 0.25) is 6.29 Å². The number of hydrogen-bond acceptors (Lipinski definition) is 5. The van der Waals surface area contributed by atoms with Crippen molar-refractivity contribution >= 4 is 23.3 Å². The normalized spacial score (nSPS) is 49.2. The minimum Gasteiger partial charge on any atom is -0.353 e. The second-order valence-corrected chi connectivity index (χ2v) is 11.7. The van der Waals surface area contributed by atoms with Crippen molar-refractivity contribution in [2.45, 2.75) is 63.0 Å². The number of fused-ring (bicyclic) bond motifs is 8. The SMILES string of the molecule is O=C1[C@H]2OC[C@@H](O2)[C@@H]2[C@H]1[C@H]1C=Cc3ccccc3N1[C@@H]2C(=O)C12CC3CC(CC(C3)C1)C2. The molecule has 6 atom stereocenters. The number of carbonyl (C=O) groups is 2. The minimum atomic E-state index is -0.748. The van der Waals surface area contributed by atoms with Crippen LogP contribution in [0.4, 0.5) is 5.69 Å². The summed E-state index contributed by atoms with van der Waals surface area (Å²) < 4.78 is 11.8. The summed E-state index contributed by atoms with van der Waals surface area (Å²) in [7, 11) is 0. The number of rotatable bonds is 2. The Morgan fingerprint density at radius 3 is 2.50 bits per heavy atom. The molecule has 0 spiro atoms. The molecule has 32 heavy (non-hydrogen) atoms. The zero-order chi connectivity index (χ0) is 21.2. The van der Waals surface area contributed by atoms with E-state index in [0.717, 1.165) is 48.3 Å². The van der Waals surface area contributed by atoms with E-state index < -0.39 is 6.29 Å². The number of ketones is 2. The minimum absolute atomic E-state index is 0.0311. The highest BCUT2D eigenvalue weighted by Gasteiger charge is 2.66. The number of ether oxygens (including phenoxy) is 2. The van der Waals surface area contributed by atoms with Crippen molar-refractivity contribution in [3.05, 3.63) is 35.9 Å². The third-order valence-electron chi connectivity index (χ3n) is 9.99. The van der Waals surface area contributed by atoms with Crippen LogP contribution >= 0.6 is 0 Å². The molecule has 8 aliphatic rings. The Kier molecular flexibility index (Phi) is 3.53. The quantitative estimate of drug-likeness (QED) is 0.716. The number of hydrogen-bond donors (Lipinski definition) is 0. The molecule has 4 aliphatic heterocycles. The van der Waals surface area contributed by atoms with Crippen molar-refractivity contribution < 1.29 is 19.1 Å². The molecule has 0 amide bonds. The monoisotopic (exact) mass is 431 g/mol. The molecule has 1 aromatic carbocycles. The highest BCUT2D eigenvalue weighted by molar-refractivity contribution is 5.99. The molecule has 5 heteroatoms. The maximum atomic E-state index is 14.7. The first kappa shape index (κ1) is 18.4. The van der Waals surface area contributed by atoms with Crippen molar-refractivity contribution in [2.75, 3.05) is 11.5 Å². The molecule has 0 radical (unpaired) electrons. The van der Waals surface area contributed by atoms with Gasteiger partial charge < -0.3 is 14.4 Å². The lowest BCUT2D eigenvalue weighted by Gasteiger charge is -2.57. The van der Waals surface area contributed by atoms with Gasteiger partial charge in [-0.1, -0.05) is 30.4 Å². The Morgan fingerprint density at radius 2 is 1.75 bits per heavy atom. The van der Waals surface area contributed by atoms with E-state index in [4.69, 9.17) is 9.47 Å². The standard InChI is InChI=1S/C27H29NO4/c29-24-21-19-6-5-17-3-1-2-4-18(17)28(19)23(22(21)20-13-31-26(24)32-20)25(30)27-10-14-7-15(11-27)9-16(8-14)12-27/h1-6,14-16,19-23,26H,7-13H2/t14?,15?,16?,19-,20-,21-,22-,23+,26+,27?/m1/s1.